The first-order chi connectivity index (χ1) is 7.34. The predicted molar refractivity (Wildman–Crippen MR) is 54.2 cm³/mol. The second kappa shape index (κ2) is 5.32. The number of rotatable bonds is 3. The van der Waals surface area contributed by atoms with Gasteiger partial charge in [-0.05, 0) is 19.3 Å². The van der Waals surface area contributed by atoms with Crippen molar-refractivity contribution in [2.24, 2.45) is 0 Å². The summed E-state index contributed by atoms with van der Waals surface area (Å²) in [6, 6.07) is -0.116. The molecule has 1 heterocycles. The van der Waals surface area contributed by atoms with Crippen LogP contribution in [0.25, 0.3) is 0 Å². The van der Waals surface area contributed by atoms with Gasteiger partial charge >= 0.3 is 6.03 Å². The van der Waals surface area contributed by atoms with Gasteiger partial charge in [0.2, 0.25) is 0 Å². The van der Waals surface area contributed by atoms with E-state index in [-0.39, 0.29) is 18.2 Å². The lowest BCUT2D eigenvalue weighted by atomic mass is 10.3. The molecule has 1 aliphatic heterocycles. The number of hydroxylamine groups is 1. The Balaban J connectivity index is 1.59. The minimum Gasteiger partial charge on any atom is -0.379 e. The van der Waals surface area contributed by atoms with E-state index in [2.05, 4.69) is 10.8 Å². The van der Waals surface area contributed by atoms with Crippen LogP contribution in [0.3, 0.4) is 0 Å². The highest BCUT2D eigenvalue weighted by Gasteiger charge is 2.20. The van der Waals surface area contributed by atoms with Gasteiger partial charge in [0, 0.05) is 6.61 Å². The average molecular weight is 214 g/mol. The highest BCUT2D eigenvalue weighted by molar-refractivity contribution is 5.73. The summed E-state index contributed by atoms with van der Waals surface area (Å²) in [7, 11) is 0. The molecule has 0 spiro atoms. The number of carbonyl (C=O) groups excluding carboxylic acids is 1. The molecule has 1 aliphatic carbocycles. The summed E-state index contributed by atoms with van der Waals surface area (Å²) in [5.74, 6) is 0. The Labute approximate surface area is 89.5 Å². The normalized spacial score (nSPS) is 26.8. The fourth-order valence-electron chi connectivity index (χ4n) is 2.01. The minimum absolute atomic E-state index is 0.136. The molecule has 1 unspecified atom stereocenters. The summed E-state index contributed by atoms with van der Waals surface area (Å²) in [6.07, 6.45) is 5.58. The van der Waals surface area contributed by atoms with Crippen molar-refractivity contribution in [1.82, 2.24) is 10.8 Å². The molecule has 86 valence electrons. The van der Waals surface area contributed by atoms with Crippen LogP contribution in [0.1, 0.15) is 32.1 Å². The summed E-state index contributed by atoms with van der Waals surface area (Å²) in [6.45, 7) is 1.34. The van der Waals surface area contributed by atoms with Gasteiger partial charge in [-0.2, -0.15) is 0 Å². The first-order valence-corrected chi connectivity index (χ1v) is 5.64. The largest absolute Gasteiger partial charge is 0.379 e. The van der Waals surface area contributed by atoms with E-state index in [9.17, 15) is 4.79 Å². The number of hydrogen-bond donors (Lipinski definition) is 2. The Morgan fingerprint density at radius 2 is 2.07 bits per heavy atom. The van der Waals surface area contributed by atoms with Crippen LogP contribution in [-0.4, -0.2) is 31.4 Å². The molecule has 0 aromatic heterocycles. The summed E-state index contributed by atoms with van der Waals surface area (Å²) in [4.78, 5) is 16.6. The highest BCUT2D eigenvalue weighted by Crippen LogP contribution is 2.19. The van der Waals surface area contributed by atoms with Crippen molar-refractivity contribution in [3.63, 3.8) is 0 Å². The summed E-state index contributed by atoms with van der Waals surface area (Å²) >= 11 is 0. The number of ether oxygens (including phenoxy) is 1. The maximum atomic E-state index is 11.4. The Hall–Kier alpha value is -0.810. The second-order valence-corrected chi connectivity index (χ2v) is 4.16. The maximum Gasteiger partial charge on any atom is 0.339 e. The van der Waals surface area contributed by atoms with Crippen LogP contribution in [0.4, 0.5) is 4.79 Å². The molecule has 1 saturated carbocycles. The maximum absolute atomic E-state index is 11.4. The van der Waals surface area contributed by atoms with Crippen molar-refractivity contribution < 1.29 is 14.4 Å². The van der Waals surface area contributed by atoms with Crippen LogP contribution < -0.4 is 10.8 Å². The van der Waals surface area contributed by atoms with E-state index in [1.807, 2.05) is 0 Å². The van der Waals surface area contributed by atoms with E-state index < -0.39 is 0 Å². The molecule has 5 heteroatoms. The lowest BCUT2D eigenvalue weighted by molar-refractivity contribution is -0.000463. The predicted octanol–water partition coefficient (Wildman–Crippen LogP) is 0.949. The van der Waals surface area contributed by atoms with Gasteiger partial charge in [0.25, 0.3) is 0 Å². The van der Waals surface area contributed by atoms with E-state index in [0.29, 0.717) is 6.61 Å². The molecular weight excluding hydrogens is 196 g/mol. The number of hydrogen-bond acceptors (Lipinski definition) is 3. The van der Waals surface area contributed by atoms with Crippen molar-refractivity contribution in [2.75, 3.05) is 13.2 Å². The fraction of sp³-hybridized carbons (Fsp3) is 0.900. The van der Waals surface area contributed by atoms with Gasteiger partial charge < -0.3 is 10.1 Å². The molecule has 2 rings (SSSR count). The van der Waals surface area contributed by atoms with Crippen LogP contribution in [0.15, 0.2) is 0 Å². The number of carbonyl (C=O) groups is 1. The Morgan fingerprint density at radius 1 is 1.27 bits per heavy atom. The van der Waals surface area contributed by atoms with E-state index in [0.717, 1.165) is 25.9 Å². The van der Waals surface area contributed by atoms with Gasteiger partial charge in [-0.3, -0.25) is 4.84 Å². The van der Waals surface area contributed by atoms with Gasteiger partial charge in [-0.25, -0.2) is 10.3 Å². The molecule has 1 atom stereocenters. The van der Waals surface area contributed by atoms with Crippen LogP contribution in [-0.2, 0) is 9.57 Å². The van der Waals surface area contributed by atoms with Gasteiger partial charge in [-0.1, -0.05) is 12.8 Å². The minimum atomic E-state index is -0.252. The van der Waals surface area contributed by atoms with Crippen molar-refractivity contribution in [3.05, 3.63) is 0 Å². The zero-order valence-electron chi connectivity index (χ0n) is 8.83. The first kappa shape index (κ1) is 10.7. The molecule has 0 radical (unpaired) electrons. The van der Waals surface area contributed by atoms with Crippen LogP contribution in [0, 0.1) is 0 Å². The van der Waals surface area contributed by atoms with Gasteiger partial charge in [0.15, 0.2) is 0 Å². The van der Waals surface area contributed by atoms with Gasteiger partial charge in [0.05, 0.1) is 18.8 Å². The molecule has 2 fully saturated rings. The molecular formula is C10H18N2O3. The molecule has 0 aromatic rings. The standard InChI is InChI=1S/C10H18N2O3/c13-10(11-8-5-6-14-7-8)12-15-9-3-1-2-4-9/h8-9H,1-7H2,(H2,11,12,13). The second-order valence-electron chi connectivity index (χ2n) is 4.16. The molecule has 15 heavy (non-hydrogen) atoms. The third-order valence-corrected chi connectivity index (χ3v) is 2.89. The summed E-state index contributed by atoms with van der Waals surface area (Å²) in [5.41, 5.74) is 2.45. The molecule has 2 N–H and O–H groups in total. The lowest BCUT2D eigenvalue weighted by Crippen LogP contribution is -2.43. The number of amides is 2. The third-order valence-electron chi connectivity index (χ3n) is 2.89. The van der Waals surface area contributed by atoms with E-state index in [1.165, 1.54) is 12.8 Å². The van der Waals surface area contributed by atoms with Crippen molar-refractivity contribution in [1.29, 1.82) is 0 Å². The molecule has 2 aliphatic rings. The van der Waals surface area contributed by atoms with E-state index in [4.69, 9.17) is 9.57 Å². The number of urea groups is 1. The zero-order chi connectivity index (χ0) is 10.5. The topological polar surface area (TPSA) is 59.6 Å². The number of nitrogens with one attached hydrogen (secondary N) is 2. The van der Waals surface area contributed by atoms with Gasteiger partial charge in [-0.15, -0.1) is 0 Å². The molecule has 5 nitrogen and oxygen atoms in total. The van der Waals surface area contributed by atoms with Crippen LogP contribution in [0.2, 0.25) is 0 Å². The highest BCUT2D eigenvalue weighted by atomic mass is 16.7. The Bertz CT molecular complexity index is 211. The van der Waals surface area contributed by atoms with Crippen molar-refractivity contribution in [2.45, 2.75) is 44.2 Å². The van der Waals surface area contributed by atoms with Crippen LogP contribution >= 0.6 is 0 Å². The zero-order valence-corrected chi connectivity index (χ0v) is 8.83. The molecule has 2 amide bonds. The van der Waals surface area contributed by atoms with E-state index >= 15 is 0 Å². The van der Waals surface area contributed by atoms with Crippen molar-refractivity contribution >= 4 is 6.03 Å². The van der Waals surface area contributed by atoms with Crippen LogP contribution in [0.5, 0.6) is 0 Å². The Kier molecular flexibility index (Phi) is 3.80. The SMILES string of the molecule is O=C(NOC1CCCC1)NC1CCOC1. The first-order valence-electron chi connectivity index (χ1n) is 5.64. The smallest absolute Gasteiger partial charge is 0.339 e. The summed E-state index contributed by atoms with van der Waals surface area (Å²) < 4.78 is 5.15. The quantitative estimate of drug-likeness (QED) is 0.688. The summed E-state index contributed by atoms with van der Waals surface area (Å²) in [5, 5.41) is 2.80. The fourth-order valence-corrected chi connectivity index (χ4v) is 2.01. The molecule has 0 aromatic carbocycles. The lowest BCUT2D eigenvalue weighted by Gasteiger charge is -2.14. The van der Waals surface area contributed by atoms with Gasteiger partial charge in [0.1, 0.15) is 0 Å². The third kappa shape index (κ3) is 3.35. The van der Waals surface area contributed by atoms with Crippen molar-refractivity contribution in [3.8, 4) is 0 Å². The average Bonchev–Trinajstić information content (AvgIpc) is 2.86. The Morgan fingerprint density at radius 3 is 2.73 bits per heavy atom. The van der Waals surface area contributed by atoms with E-state index in [1.54, 1.807) is 0 Å². The molecule has 1 saturated heterocycles. The monoisotopic (exact) mass is 214 g/mol. The molecule has 0 bridgehead atoms.